The van der Waals surface area contributed by atoms with Crippen molar-refractivity contribution >= 4 is 82.4 Å². The topological polar surface area (TPSA) is 42.4 Å². The van der Waals surface area contributed by atoms with E-state index in [0.717, 1.165) is 66.4 Å². The number of rotatable bonds is 5. The molecule has 248 valence electrons. The molecule has 4 nitrogen and oxygen atoms in total. The average molecular weight is 679 g/mol. The van der Waals surface area contributed by atoms with Crippen molar-refractivity contribution in [3.05, 3.63) is 182 Å². The van der Waals surface area contributed by atoms with Crippen molar-refractivity contribution in [2.75, 3.05) is 4.90 Å². The summed E-state index contributed by atoms with van der Waals surface area (Å²) < 4.78 is 13.1. The predicted molar refractivity (Wildman–Crippen MR) is 219 cm³/mol. The van der Waals surface area contributed by atoms with Crippen LogP contribution in [0.5, 0.6) is 0 Å². The summed E-state index contributed by atoms with van der Waals surface area (Å²) in [5.41, 5.74) is 9.67. The number of nitrogens with zero attached hydrogens (tertiary/aromatic N) is 2. The van der Waals surface area contributed by atoms with Crippen LogP contribution in [0.15, 0.2) is 191 Å². The van der Waals surface area contributed by atoms with Crippen LogP contribution < -0.4 is 4.90 Å². The lowest BCUT2D eigenvalue weighted by molar-refractivity contribution is 0.623. The van der Waals surface area contributed by atoms with Crippen LogP contribution in [-0.2, 0) is 0 Å². The normalized spacial score (nSPS) is 11.8. The third kappa shape index (κ3) is 4.73. The lowest BCUT2D eigenvalue weighted by atomic mass is 9.98. The van der Waals surface area contributed by atoms with Crippen molar-refractivity contribution in [2.45, 2.75) is 0 Å². The Labute approximate surface area is 304 Å². The van der Waals surface area contributed by atoms with Gasteiger partial charge in [-0.15, -0.1) is 0 Å². The van der Waals surface area contributed by atoms with Gasteiger partial charge >= 0.3 is 0 Å². The van der Waals surface area contributed by atoms with E-state index in [9.17, 15) is 0 Å². The van der Waals surface area contributed by atoms with Gasteiger partial charge in [-0.05, 0) is 81.2 Å². The minimum absolute atomic E-state index is 0.581. The molecule has 0 amide bonds. The monoisotopic (exact) mass is 678 g/mol. The summed E-state index contributed by atoms with van der Waals surface area (Å²) in [7, 11) is 0. The van der Waals surface area contributed by atoms with E-state index in [1.54, 1.807) is 0 Å². The molecular formula is C49H30N2O2. The number of anilines is 3. The van der Waals surface area contributed by atoms with Gasteiger partial charge in [0.2, 0.25) is 5.89 Å². The van der Waals surface area contributed by atoms with Crippen LogP contribution >= 0.6 is 0 Å². The summed E-state index contributed by atoms with van der Waals surface area (Å²) >= 11 is 0. The third-order valence-electron chi connectivity index (χ3n) is 10.5. The Bertz CT molecular complexity index is 3180. The first-order valence-corrected chi connectivity index (χ1v) is 17.9. The molecule has 0 saturated carbocycles. The van der Waals surface area contributed by atoms with Gasteiger partial charge in [0.05, 0.1) is 5.69 Å². The quantitative estimate of drug-likeness (QED) is 0.182. The maximum absolute atomic E-state index is 6.63. The van der Waals surface area contributed by atoms with Crippen molar-refractivity contribution in [3.8, 4) is 22.6 Å². The van der Waals surface area contributed by atoms with E-state index in [1.165, 1.54) is 32.7 Å². The molecule has 0 aliphatic rings. The molecule has 4 heteroatoms. The highest BCUT2D eigenvalue weighted by Crippen LogP contribution is 2.44. The molecule has 0 bridgehead atoms. The van der Waals surface area contributed by atoms with Gasteiger partial charge in [-0.25, -0.2) is 4.98 Å². The average Bonchev–Trinajstić information content (AvgIpc) is 3.83. The lowest BCUT2D eigenvalue weighted by Gasteiger charge is -2.27. The second kappa shape index (κ2) is 11.7. The van der Waals surface area contributed by atoms with Crippen molar-refractivity contribution in [2.24, 2.45) is 0 Å². The number of oxazole rings is 1. The van der Waals surface area contributed by atoms with E-state index in [4.69, 9.17) is 13.8 Å². The van der Waals surface area contributed by atoms with Gasteiger partial charge in [-0.2, -0.15) is 0 Å². The van der Waals surface area contributed by atoms with E-state index in [0.29, 0.717) is 5.89 Å². The number of hydrogen-bond donors (Lipinski definition) is 0. The fourth-order valence-corrected chi connectivity index (χ4v) is 8.00. The Morgan fingerprint density at radius 1 is 0.415 bits per heavy atom. The maximum Gasteiger partial charge on any atom is 0.228 e. The van der Waals surface area contributed by atoms with Gasteiger partial charge in [0.15, 0.2) is 5.58 Å². The molecule has 2 aromatic heterocycles. The van der Waals surface area contributed by atoms with Gasteiger partial charge in [0, 0.05) is 44.5 Å². The number of hydrogen-bond acceptors (Lipinski definition) is 4. The van der Waals surface area contributed by atoms with E-state index in [-0.39, 0.29) is 0 Å². The molecule has 0 aliphatic carbocycles. The number of aromatic nitrogens is 1. The second-order valence-electron chi connectivity index (χ2n) is 13.5. The molecule has 0 atom stereocenters. The highest BCUT2D eigenvalue weighted by atomic mass is 16.3. The maximum atomic E-state index is 6.63. The van der Waals surface area contributed by atoms with Crippen LogP contribution in [0, 0.1) is 0 Å². The summed E-state index contributed by atoms with van der Waals surface area (Å²) in [6.45, 7) is 0. The van der Waals surface area contributed by atoms with Gasteiger partial charge in [-0.1, -0.05) is 127 Å². The van der Waals surface area contributed by atoms with Crippen molar-refractivity contribution in [3.63, 3.8) is 0 Å². The summed E-state index contributed by atoms with van der Waals surface area (Å²) in [6.07, 6.45) is 0. The summed E-state index contributed by atoms with van der Waals surface area (Å²) in [6, 6.07) is 64.0. The van der Waals surface area contributed by atoms with Crippen LogP contribution in [0.4, 0.5) is 17.1 Å². The molecule has 9 aromatic carbocycles. The first-order valence-electron chi connectivity index (χ1n) is 17.9. The fourth-order valence-electron chi connectivity index (χ4n) is 8.00. The summed E-state index contributed by atoms with van der Waals surface area (Å²) in [5.74, 6) is 0.581. The van der Waals surface area contributed by atoms with Crippen LogP contribution in [0.25, 0.3) is 87.9 Å². The van der Waals surface area contributed by atoms with Gasteiger partial charge in [-0.3, -0.25) is 0 Å². The Kier molecular flexibility index (Phi) is 6.52. The number of fused-ring (bicyclic) bond motifs is 8. The highest BCUT2D eigenvalue weighted by molar-refractivity contribution is 6.13. The standard InChI is InChI=1S/C49H30N2O2/c1-4-15-37-31(10-1)13-7-18-38(37)34-22-25-35(26-23-34)51(44-20-8-14-32-11-2-5-16-39(32)44)36-27-28-41-46(30-36)52-45-21-9-19-42(47(41)45)49-50-43-29-24-33-12-3-6-17-40(33)48(43)53-49/h1-30H. The SMILES string of the molecule is c1ccc2c(-c3ccc(N(c4ccc5c(c4)oc4cccc(-c6nc7ccc8ccccc8c7o6)c45)c4cccc5ccccc45)cc3)cccc2c1. The predicted octanol–water partition coefficient (Wildman–Crippen LogP) is 14.0. The molecule has 0 N–H and O–H groups in total. The van der Waals surface area contributed by atoms with Gasteiger partial charge < -0.3 is 13.7 Å². The Morgan fingerprint density at radius 3 is 1.89 bits per heavy atom. The Hall–Kier alpha value is -7.17. The molecule has 2 heterocycles. The zero-order valence-corrected chi connectivity index (χ0v) is 28.5. The zero-order chi connectivity index (χ0) is 34.9. The summed E-state index contributed by atoms with van der Waals surface area (Å²) in [4.78, 5) is 7.28. The highest BCUT2D eigenvalue weighted by Gasteiger charge is 2.21. The molecule has 53 heavy (non-hydrogen) atoms. The van der Waals surface area contributed by atoms with E-state index < -0.39 is 0 Å². The molecule has 0 fully saturated rings. The van der Waals surface area contributed by atoms with Crippen molar-refractivity contribution in [1.82, 2.24) is 4.98 Å². The molecule has 11 aromatic rings. The van der Waals surface area contributed by atoms with Crippen LogP contribution in [0.2, 0.25) is 0 Å². The Balaban J connectivity index is 1.07. The second-order valence-corrected chi connectivity index (χ2v) is 13.5. The minimum Gasteiger partial charge on any atom is -0.456 e. The lowest BCUT2D eigenvalue weighted by Crippen LogP contribution is -2.10. The molecule has 0 aliphatic heterocycles. The van der Waals surface area contributed by atoms with Crippen molar-refractivity contribution < 1.29 is 8.83 Å². The zero-order valence-electron chi connectivity index (χ0n) is 28.5. The molecule has 0 saturated heterocycles. The van der Waals surface area contributed by atoms with E-state index in [2.05, 4.69) is 157 Å². The van der Waals surface area contributed by atoms with Crippen LogP contribution in [0.3, 0.4) is 0 Å². The van der Waals surface area contributed by atoms with Gasteiger partial charge in [0.25, 0.3) is 0 Å². The first kappa shape index (κ1) is 29.5. The third-order valence-corrected chi connectivity index (χ3v) is 10.5. The van der Waals surface area contributed by atoms with Crippen molar-refractivity contribution in [1.29, 1.82) is 0 Å². The van der Waals surface area contributed by atoms with Crippen LogP contribution in [-0.4, -0.2) is 4.98 Å². The number of furan rings is 1. The molecule has 0 unspecified atom stereocenters. The molecule has 0 spiro atoms. The summed E-state index contributed by atoms with van der Waals surface area (Å²) in [5, 5.41) is 9.01. The molecule has 0 radical (unpaired) electrons. The van der Waals surface area contributed by atoms with Gasteiger partial charge in [0.1, 0.15) is 16.7 Å². The number of benzene rings is 9. The fraction of sp³-hybridized carbons (Fsp3) is 0. The smallest absolute Gasteiger partial charge is 0.228 e. The molecular weight excluding hydrogens is 649 g/mol. The van der Waals surface area contributed by atoms with E-state index in [1.807, 2.05) is 30.3 Å². The minimum atomic E-state index is 0.581. The molecule has 11 rings (SSSR count). The first-order chi connectivity index (χ1) is 26.3. The largest absolute Gasteiger partial charge is 0.456 e. The van der Waals surface area contributed by atoms with Crippen LogP contribution in [0.1, 0.15) is 0 Å². The Morgan fingerprint density at radius 2 is 1.06 bits per heavy atom. The van der Waals surface area contributed by atoms with E-state index >= 15 is 0 Å².